The molecule has 0 aliphatic carbocycles. The van der Waals surface area contributed by atoms with Crippen LogP contribution in [0.25, 0.3) is 0 Å². The van der Waals surface area contributed by atoms with E-state index in [0.717, 1.165) is 5.56 Å². The SMILES string of the molecule is NS(=O)(=O)c1cn(CCc2ccc([N+](=O)[O-])cc2)cn1. The molecule has 1 aromatic carbocycles. The van der Waals surface area contributed by atoms with Crippen molar-refractivity contribution in [3.63, 3.8) is 0 Å². The van der Waals surface area contributed by atoms with Crippen molar-refractivity contribution in [3.8, 4) is 0 Å². The number of nitrogens with zero attached hydrogens (tertiary/aromatic N) is 3. The summed E-state index contributed by atoms with van der Waals surface area (Å²) in [5.74, 6) is 0. The van der Waals surface area contributed by atoms with Crippen LogP contribution in [0.2, 0.25) is 0 Å². The Labute approximate surface area is 115 Å². The van der Waals surface area contributed by atoms with Crippen molar-refractivity contribution in [2.45, 2.75) is 18.0 Å². The van der Waals surface area contributed by atoms with E-state index in [1.54, 1.807) is 16.7 Å². The summed E-state index contributed by atoms with van der Waals surface area (Å²) in [4.78, 5) is 13.8. The van der Waals surface area contributed by atoms with Crippen molar-refractivity contribution in [3.05, 3.63) is 52.5 Å². The van der Waals surface area contributed by atoms with Crippen LogP contribution in [0.1, 0.15) is 5.56 Å². The summed E-state index contributed by atoms with van der Waals surface area (Å²) in [6.45, 7) is 0.500. The van der Waals surface area contributed by atoms with Crippen molar-refractivity contribution >= 4 is 15.7 Å². The van der Waals surface area contributed by atoms with Crippen LogP contribution in [0.4, 0.5) is 5.69 Å². The number of sulfonamides is 1. The Hall–Kier alpha value is -2.26. The Morgan fingerprint density at radius 1 is 1.30 bits per heavy atom. The highest BCUT2D eigenvalue weighted by atomic mass is 32.2. The van der Waals surface area contributed by atoms with Crippen LogP contribution in [-0.4, -0.2) is 22.9 Å². The van der Waals surface area contributed by atoms with Gasteiger partial charge in [-0.1, -0.05) is 12.1 Å². The number of nitro groups is 1. The van der Waals surface area contributed by atoms with E-state index < -0.39 is 14.9 Å². The number of primary sulfonamides is 1. The molecular formula is C11H12N4O4S. The summed E-state index contributed by atoms with van der Waals surface area (Å²) in [6, 6.07) is 6.18. The first-order valence-electron chi connectivity index (χ1n) is 5.64. The van der Waals surface area contributed by atoms with Gasteiger partial charge in [0.25, 0.3) is 15.7 Å². The van der Waals surface area contributed by atoms with Crippen LogP contribution in [0.3, 0.4) is 0 Å². The third-order valence-electron chi connectivity index (χ3n) is 2.71. The van der Waals surface area contributed by atoms with Crippen LogP contribution in [-0.2, 0) is 23.0 Å². The van der Waals surface area contributed by atoms with Crippen LogP contribution >= 0.6 is 0 Å². The lowest BCUT2D eigenvalue weighted by molar-refractivity contribution is -0.384. The second-order valence-corrected chi connectivity index (χ2v) is 5.68. The molecule has 9 heteroatoms. The molecule has 8 nitrogen and oxygen atoms in total. The number of hydrogen-bond donors (Lipinski definition) is 1. The molecule has 0 unspecified atom stereocenters. The third kappa shape index (κ3) is 3.39. The van der Waals surface area contributed by atoms with Gasteiger partial charge >= 0.3 is 0 Å². The van der Waals surface area contributed by atoms with Gasteiger partial charge in [-0.15, -0.1) is 0 Å². The first-order valence-corrected chi connectivity index (χ1v) is 7.19. The van der Waals surface area contributed by atoms with Crippen LogP contribution < -0.4 is 5.14 Å². The van der Waals surface area contributed by atoms with Crippen LogP contribution in [0.15, 0.2) is 41.8 Å². The second kappa shape index (κ2) is 5.39. The summed E-state index contributed by atoms with van der Waals surface area (Å²) in [6.07, 6.45) is 3.32. The maximum absolute atomic E-state index is 11.1. The van der Waals surface area contributed by atoms with E-state index in [-0.39, 0.29) is 10.7 Å². The molecule has 20 heavy (non-hydrogen) atoms. The Morgan fingerprint density at radius 2 is 1.95 bits per heavy atom. The Bertz CT molecular complexity index is 721. The molecule has 0 saturated heterocycles. The summed E-state index contributed by atoms with van der Waals surface area (Å²) in [5, 5.41) is 15.3. The molecular weight excluding hydrogens is 284 g/mol. The lowest BCUT2D eigenvalue weighted by atomic mass is 10.1. The van der Waals surface area contributed by atoms with Gasteiger partial charge in [-0.3, -0.25) is 10.1 Å². The normalized spacial score (nSPS) is 11.4. The molecule has 0 fully saturated rings. The predicted octanol–water partition coefficient (Wildman–Crippen LogP) is 0.681. The number of nitrogens with two attached hydrogens (primary N) is 1. The molecule has 0 atom stereocenters. The van der Waals surface area contributed by atoms with Gasteiger partial charge < -0.3 is 4.57 Å². The molecule has 2 N–H and O–H groups in total. The first kappa shape index (κ1) is 14.2. The van der Waals surface area contributed by atoms with Crippen molar-refractivity contribution in [2.24, 2.45) is 5.14 Å². The fourth-order valence-electron chi connectivity index (χ4n) is 1.65. The van der Waals surface area contributed by atoms with E-state index in [4.69, 9.17) is 5.14 Å². The average Bonchev–Trinajstić information content (AvgIpc) is 2.85. The molecule has 0 spiro atoms. The monoisotopic (exact) mass is 296 g/mol. The zero-order chi connectivity index (χ0) is 14.8. The van der Waals surface area contributed by atoms with Crippen molar-refractivity contribution in [1.29, 1.82) is 0 Å². The van der Waals surface area contributed by atoms with Gasteiger partial charge in [0.2, 0.25) is 0 Å². The number of imidazole rings is 1. The fraction of sp³-hybridized carbons (Fsp3) is 0.182. The third-order valence-corrected chi connectivity index (χ3v) is 3.50. The molecule has 0 aliphatic heterocycles. The zero-order valence-electron chi connectivity index (χ0n) is 10.3. The Balaban J connectivity index is 2.02. The minimum Gasteiger partial charge on any atom is -0.336 e. The zero-order valence-corrected chi connectivity index (χ0v) is 11.2. The number of rotatable bonds is 5. The highest BCUT2D eigenvalue weighted by molar-refractivity contribution is 7.89. The van der Waals surface area contributed by atoms with Crippen molar-refractivity contribution in [2.75, 3.05) is 0 Å². The predicted molar refractivity (Wildman–Crippen MR) is 70.4 cm³/mol. The van der Waals surface area contributed by atoms with Gasteiger partial charge in [-0.05, 0) is 12.0 Å². The van der Waals surface area contributed by atoms with E-state index in [2.05, 4.69) is 4.98 Å². The maximum Gasteiger partial charge on any atom is 0.269 e. The van der Waals surface area contributed by atoms with Gasteiger partial charge in [0, 0.05) is 24.9 Å². The minimum atomic E-state index is -3.79. The molecule has 1 aromatic heterocycles. The van der Waals surface area contributed by atoms with E-state index in [1.165, 1.54) is 24.7 Å². The number of aromatic nitrogens is 2. The van der Waals surface area contributed by atoms with Gasteiger partial charge in [-0.2, -0.15) is 0 Å². The van der Waals surface area contributed by atoms with Gasteiger partial charge in [0.15, 0.2) is 5.03 Å². The topological polar surface area (TPSA) is 121 Å². The molecule has 0 bridgehead atoms. The number of hydrogen-bond acceptors (Lipinski definition) is 5. The fourth-order valence-corrected chi connectivity index (χ4v) is 2.13. The molecule has 0 amide bonds. The lowest BCUT2D eigenvalue weighted by Crippen LogP contribution is -2.12. The second-order valence-electron chi connectivity index (χ2n) is 4.17. The van der Waals surface area contributed by atoms with Crippen molar-refractivity contribution in [1.82, 2.24) is 9.55 Å². The smallest absolute Gasteiger partial charge is 0.269 e. The highest BCUT2D eigenvalue weighted by Gasteiger charge is 2.11. The molecule has 106 valence electrons. The standard InChI is InChI=1S/C11H12N4O4S/c12-20(18,19)11-7-14(8-13-11)6-5-9-1-3-10(4-2-9)15(16)17/h1-4,7-8H,5-6H2,(H2,12,18,19). The Morgan fingerprint density at radius 3 is 2.45 bits per heavy atom. The van der Waals surface area contributed by atoms with E-state index in [9.17, 15) is 18.5 Å². The Kier molecular flexibility index (Phi) is 3.81. The molecule has 0 radical (unpaired) electrons. The van der Waals surface area contributed by atoms with E-state index in [1.807, 2.05) is 0 Å². The van der Waals surface area contributed by atoms with Gasteiger partial charge in [-0.25, -0.2) is 18.5 Å². The summed E-state index contributed by atoms with van der Waals surface area (Å²) < 4.78 is 23.7. The summed E-state index contributed by atoms with van der Waals surface area (Å²) in [7, 11) is -3.79. The quantitative estimate of drug-likeness (QED) is 0.642. The average molecular weight is 296 g/mol. The number of aryl methyl sites for hydroxylation is 2. The minimum absolute atomic E-state index is 0.0351. The van der Waals surface area contributed by atoms with Crippen LogP contribution in [0.5, 0.6) is 0 Å². The lowest BCUT2D eigenvalue weighted by Gasteiger charge is -2.02. The van der Waals surface area contributed by atoms with Crippen LogP contribution in [0, 0.1) is 10.1 Å². The molecule has 1 heterocycles. The molecule has 0 aliphatic rings. The summed E-state index contributed by atoms with van der Waals surface area (Å²) in [5.41, 5.74) is 0.939. The number of non-ortho nitro benzene ring substituents is 1. The van der Waals surface area contributed by atoms with E-state index in [0.29, 0.717) is 13.0 Å². The summed E-state index contributed by atoms with van der Waals surface area (Å²) >= 11 is 0. The first-order chi connectivity index (χ1) is 9.36. The largest absolute Gasteiger partial charge is 0.336 e. The molecule has 2 aromatic rings. The van der Waals surface area contributed by atoms with Crippen molar-refractivity contribution < 1.29 is 13.3 Å². The van der Waals surface area contributed by atoms with E-state index >= 15 is 0 Å². The van der Waals surface area contributed by atoms with Gasteiger partial charge in [0.1, 0.15) is 0 Å². The highest BCUT2D eigenvalue weighted by Crippen LogP contribution is 2.13. The molecule has 2 rings (SSSR count). The van der Waals surface area contributed by atoms with Gasteiger partial charge in [0.05, 0.1) is 11.3 Å². The number of benzene rings is 1. The number of nitro benzene ring substituents is 1. The maximum atomic E-state index is 11.1. The molecule has 0 saturated carbocycles.